The van der Waals surface area contributed by atoms with Gasteiger partial charge in [-0.05, 0) is 25.0 Å². The molecule has 1 unspecified atom stereocenters. The highest BCUT2D eigenvalue weighted by atomic mass is 32.2. The molecule has 3 rings (SSSR count). The summed E-state index contributed by atoms with van der Waals surface area (Å²) in [6.45, 7) is 5.33. The van der Waals surface area contributed by atoms with E-state index in [0.717, 1.165) is 15.2 Å². The van der Waals surface area contributed by atoms with E-state index in [1.54, 1.807) is 11.3 Å². The zero-order valence-corrected chi connectivity index (χ0v) is 15.3. The molecule has 0 saturated heterocycles. The van der Waals surface area contributed by atoms with Crippen molar-refractivity contribution < 1.29 is 9.59 Å². The number of Topliss-reactive ketones (excluding diaryl/α,β-unsaturated/α-hetero) is 1. The Morgan fingerprint density at radius 1 is 1.29 bits per heavy atom. The van der Waals surface area contributed by atoms with Crippen LogP contribution < -0.4 is 5.32 Å². The number of hydrogen-bond acceptors (Lipinski definition) is 6. The number of ketones is 1. The van der Waals surface area contributed by atoms with Crippen LogP contribution in [-0.2, 0) is 9.59 Å². The molecule has 24 heavy (non-hydrogen) atoms. The van der Waals surface area contributed by atoms with Crippen molar-refractivity contribution in [2.24, 2.45) is 5.92 Å². The van der Waals surface area contributed by atoms with Crippen LogP contribution in [0.15, 0.2) is 29.4 Å². The Bertz CT molecular complexity index is 900. The van der Waals surface area contributed by atoms with Crippen LogP contribution in [0.1, 0.15) is 20.8 Å². The van der Waals surface area contributed by atoms with Gasteiger partial charge in [-0.1, -0.05) is 49.1 Å². The lowest BCUT2D eigenvalue weighted by atomic mass is 10.0. The average molecular weight is 362 g/mol. The Morgan fingerprint density at radius 2 is 2.04 bits per heavy atom. The zero-order valence-electron chi connectivity index (χ0n) is 13.6. The second-order valence-electron chi connectivity index (χ2n) is 5.86. The Kier molecular flexibility index (Phi) is 4.86. The van der Waals surface area contributed by atoms with Crippen molar-refractivity contribution in [3.05, 3.63) is 24.3 Å². The molecule has 1 N–H and O–H groups in total. The monoisotopic (exact) mass is 362 g/mol. The van der Waals surface area contributed by atoms with E-state index in [0.29, 0.717) is 5.16 Å². The van der Waals surface area contributed by atoms with E-state index in [1.165, 1.54) is 18.7 Å². The van der Waals surface area contributed by atoms with E-state index in [9.17, 15) is 9.59 Å². The van der Waals surface area contributed by atoms with Crippen molar-refractivity contribution in [3.63, 3.8) is 0 Å². The largest absolute Gasteiger partial charge is 0.345 e. The highest BCUT2D eigenvalue weighted by Crippen LogP contribution is 2.29. The molecule has 0 bridgehead atoms. The van der Waals surface area contributed by atoms with Crippen molar-refractivity contribution in [1.29, 1.82) is 0 Å². The number of aromatic nitrogens is 3. The Balaban J connectivity index is 1.74. The van der Waals surface area contributed by atoms with Gasteiger partial charge in [0.2, 0.25) is 10.9 Å². The van der Waals surface area contributed by atoms with Crippen LogP contribution in [0.2, 0.25) is 0 Å². The number of hydrogen-bond donors (Lipinski definition) is 1. The lowest BCUT2D eigenvalue weighted by molar-refractivity contribution is -0.126. The topological polar surface area (TPSA) is 76.4 Å². The van der Waals surface area contributed by atoms with Crippen LogP contribution in [0.3, 0.4) is 0 Å². The molecule has 6 nitrogen and oxygen atoms in total. The molecule has 0 fully saturated rings. The Hall–Kier alpha value is -1.93. The minimum absolute atomic E-state index is 0.0305. The van der Waals surface area contributed by atoms with Gasteiger partial charge in [0.1, 0.15) is 0 Å². The fourth-order valence-electron chi connectivity index (χ4n) is 2.53. The van der Waals surface area contributed by atoms with Crippen LogP contribution in [0.5, 0.6) is 0 Å². The molecule has 0 aliphatic rings. The number of fused-ring (bicyclic) bond motifs is 3. The SMILES string of the molecule is CC(=O)C(NC(=O)CSc1nnc2sc3ccccc3n12)C(C)C. The number of benzene rings is 1. The van der Waals surface area contributed by atoms with Crippen molar-refractivity contribution in [2.45, 2.75) is 32.0 Å². The maximum absolute atomic E-state index is 12.2. The number of rotatable bonds is 6. The molecule has 1 amide bonds. The lowest BCUT2D eigenvalue weighted by Crippen LogP contribution is -2.44. The predicted molar refractivity (Wildman–Crippen MR) is 96.5 cm³/mol. The summed E-state index contributed by atoms with van der Waals surface area (Å²) in [5.74, 6) is 0.0564. The number of amides is 1. The summed E-state index contributed by atoms with van der Waals surface area (Å²) in [6, 6.07) is 7.56. The number of thiazole rings is 1. The third-order valence-corrected chi connectivity index (χ3v) is 5.61. The maximum atomic E-state index is 12.2. The van der Waals surface area contributed by atoms with Gasteiger partial charge in [0.05, 0.1) is 22.0 Å². The number of carbonyl (C=O) groups excluding carboxylic acids is 2. The summed E-state index contributed by atoms with van der Waals surface area (Å²) in [4.78, 5) is 24.6. The van der Waals surface area contributed by atoms with Crippen LogP contribution in [0, 0.1) is 5.92 Å². The molecule has 126 valence electrons. The molecular formula is C16H18N4O2S2. The number of carbonyl (C=O) groups is 2. The summed E-state index contributed by atoms with van der Waals surface area (Å²) >= 11 is 2.89. The molecule has 0 saturated carbocycles. The number of para-hydroxylation sites is 1. The van der Waals surface area contributed by atoms with E-state index in [-0.39, 0.29) is 23.4 Å². The highest BCUT2D eigenvalue weighted by Gasteiger charge is 2.21. The molecule has 0 radical (unpaired) electrons. The molecule has 3 aromatic rings. The van der Waals surface area contributed by atoms with E-state index < -0.39 is 6.04 Å². The summed E-state index contributed by atoms with van der Waals surface area (Å²) in [6.07, 6.45) is 0. The zero-order chi connectivity index (χ0) is 17.3. The van der Waals surface area contributed by atoms with E-state index in [2.05, 4.69) is 15.5 Å². The molecule has 8 heteroatoms. The molecule has 0 aliphatic carbocycles. The summed E-state index contributed by atoms with van der Waals surface area (Å²) in [5.41, 5.74) is 1.04. The standard InChI is InChI=1S/C16H18N4O2S2/c1-9(2)14(10(3)21)17-13(22)8-23-15-18-19-16-20(15)11-6-4-5-7-12(11)24-16/h4-7,9,14H,8H2,1-3H3,(H,17,22). The van der Waals surface area contributed by atoms with Gasteiger partial charge in [-0.2, -0.15) is 0 Å². The molecule has 2 aromatic heterocycles. The Morgan fingerprint density at radius 3 is 2.75 bits per heavy atom. The third-order valence-electron chi connectivity index (χ3n) is 3.66. The first-order valence-corrected chi connectivity index (χ1v) is 9.43. The molecule has 0 spiro atoms. The van der Waals surface area contributed by atoms with Gasteiger partial charge in [-0.3, -0.25) is 14.0 Å². The van der Waals surface area contributed by atoms with Crippen molar-refractivity contribution >= 4 is 50.0 Å². The van der Waals surface area contributed by atoms with Crippen molar-refractivity contribution in [3.8, 4) is 0 Å². The maximum Gasteiger partial charge on any atom is 0.231 e. The van der Waals surface area contributed by atoms with Crippen molar-refractivity contribution in [1.82, 2.24) is 19.9 Å². The fraction of sp³-hybridized carbons (Fsp3) is 0.375. The van der Waals surface area contributed by atoms with Gasteiger partial charge >= 0.3 is 0 Å². The smallest absolute Gasteiger partial charge is 0.231 e. The first-order chi connectivity index (χ1) is 11.5. The first-order valence-electron chi connectivity index (χ1n) is 7.62. The van der Waals surface area contributed by atoms with Gasteiger partial charge in [0, 0.05) is 0 Å². The normalized spacial score (nSPS) is 12.8. The van der Waals surface area contributed by atoms with Crippen LogP contribution >= 0.6 is 23.1 Å². The third kappa shape index (κ3) is 3.29. The van der Waals surface area contributed by atoms with E-state index in [4.69, 9.17) is 0 Å². The predicted octanol–water partition coefficient (Wildman–Crippen LogP) is 2.77. The minimum atomic E-state index is -0.446. The molecule has 1 atom stereocenters. The summed E-state index contributed by atoms with van der Waals surface area (Å²) in [5, 5.41) is 11.8. The van der Waals surface area contributed by atoms with Gasteiger partial charge in [-0.15, -0.1) is 10.2 Å². The second-order valence-corrected chi connectivity index (χ2v) is 7.81. The number of nitrogens with one attached hydrogen (secondary N) is 1. The van der Waals surface area contributed by atoms with Crippen LogP contribution in [-0.4, -0.2) is 38.1 Å². The van der Waals surface area contributed by atoms with Gasteiger partial charge in [-0.25, -0.2) is 0 Å². The molecule has 1 aromatic carbocycles. The van der Waals surface area contributed by atoms with Gasteiger partial charge < -0.3 is 5.32 Å². The second kappa shape index (κ2) is 6.90. The summed E-state index contributed by atoms with van der Waals surface area (Å²) in [7, 11) is 0. The lowest BCUT2D eigenvalue weighted by Gasteiger charge is -2.19. The molecule has 2 heterocycles. The van der Waals surface area contributed by atoms with Crippen LogP contribution in [0.4, 0.5) is 0 Å². The quantitative estimate of drug-likeness (QED) is 0.682. The number of nitrogens with zero attached hydrogens (tertiary/aromatic N) is 3. The average Bonchev–Trinajstić information content (AvgIpc) is 3.09. The van der Waals surface area contributed by atoms with Crippen molar-refractivity contribution in [2.75, 3.05) is 5.75 Å². The molecular weight excluding hydrogens is 344 g/mol. The van der Waals surface area contributed by atoms with E-state index in [1.807, 2.05) is 42.5 Å². The summed E-state index contributed by atoms with van der Waals surface area (Å²) < 4.78 is 3.09. The number of thioether (sulfide) groups is 1. The highest BCUT2D eigenvalue weighted by molar-refractivity contribution is 7.99. The minimum Gasteiger partial charge on any atom is -0.345 e. The Labute approximate surface area is 147 Å². The van der Waals surface area contributed by atoms with E-state index >= 15 is 0 Å². The van der Waals surface area contributed by atoms with Crippen LogP contribution in [0.25, 0.3) is 15.2 Å². The van der Waals surface area contributed by atoms with Gasteiger partial charge in [0.15, 0.2) is 10.9 Å². The first kappa shape index (κ1) is 16.9. The fourth-order valence-corrected chi connectivity index (χ4v) is 4.31. The molecule has 0 aliphatic heterocycles. The van der Waals surface area contributed by atoms with Gasteiger partial charge in [0.25, 0.3) is 0 Å².